The molecule has 3 rings (SSSR count). The van der Waals surface area contributed by atoms with Crippen LogP contribution in [0.15, 0.2) is 33.6 Å². The fraction of sp³-hybridized carbons (Fsp3) is 0.381. The minimum atomic E-state index is -0.879. The highest BCUT2D eigenvalue weighted by atomic mass is 32.2. The highest BCUT2D eigenvalue weighted by molar-refractivity contribution is 7.98. The van der Waals surface area contributed by atoms with Crippen molar-refractivity contribution in [1.29, 1.82) is 0 Å². The second kappa shape index (κ2) is 9.95. The molecule has 1 aliphatic rings. The summed E-state index contributed by atoms with van der Waals surface area (Å²) < 4.78 is 32.0. The Hall–Kier alpha value is -2.88. The van der Waals surface area contributed by atoms with Gasteiger partial charge in [0.25, 0.3) is 11.8 Å². The molecule has 1 aromatic heterocycles. The lowest BCUT2D eigenvalue weighted by Gasteiger charge is -2.22. The first-order valence-corrected chi connectivity index (χ1v) is 11.0. The van der Waals surface area contributed by atoms with Crippen LogP contribution < -0.4 is 16.0 Å². The minimum absolute atomic E-state index is 0.213. The highest BCUT2D eigenvalue weighted by Gasteiger charge is 2.31. The van der Waals surface area contributed by atoms with Gasteiger partial charge in [-0.15, -0.1) is 11.8 Å². The number of thioether (sulfide) groups is 1. The van der Waals surface area contributed by atoms with Crippen molar-refractivity contribution >= 4 is 29.5 Å². The summed E-state index contributed by atoms with van der Waals surface area (Å²) in [6.45, 7) is 1.43. The van der Waals surface area contributed by atoms with Gasteiger partial charge in [0.1, 0.15) is 17.4 Å². The van der Waals surface area contributed by atoms with Gasteiger partial charge in [-0.2, -0.15) is 0 Å². The second-order valence-corrected chi connectivity index (χ2v) is 8.11. The van der Waals surface area contributed by atoms with Gasteiger partial charge in [-0.1, -0.05) is 0 Å². The Morgan fingerprint density at radius 1 is 1.03 bits per heavy atom. The molecule has 0 radical (unpaired) electrons. The van der Waals surface area contributed by atoms with Gasteiger partial charge in [-0.3, -0.25) is 14.4 Å². The summed E-state index contributed by atoms with van der Waals surface area (Å²) in [6.07, 6.45) is 4.08. The number of carbonyl (C=O) groups is 3. The van der Waals surface area contributed by atoms with Crippen LogP contribution >= 0.6 is 11.8 Å². The molecule has 31 heavy (non-hydrogen) atoms. The third-order valence-corrected chi connectivity index (χ3v) is 5.87. The number of carbonyl (C=O) groups excluding carboxylic acids is 3. The van der Waals surface area contributed by atoms with Crippen LogP contribution in [-0.2, 0) is 4.79 Å². The Bertz CT molecular complexity index is 975. The smallest absolute Gasteiger partial charge is 0.287 e. The molecule has 0 bridgehead atoms. The molecular weight excluding hydrogens is 428 g/mol. The van der Waals surface area contributed by atoms with Crippen molar-refractivity contribution in [2.24, 2.45) is 0 Å². The van der Waals surface area contributed by atoms with Crippen molar-refractivity contribution in [2.45, 2.75) is 43.2 Å². The zero-order valence-corrected chi connectivity index (χ0v) is 17.9. The van der Waals surface area contributed by atoms with Crippen molar-refractivity contribution in [3.63, 3.8) is 0 Å². The molecule has 2 aromatic rings. The van der Waals surface area contributed by atoms with Gasteiger partial charge in [0.2, 0.25) is 5.91 Å². The molecule has 166 valence electrons. The molecule has 1 saturated carbocycles. The van der Waals surface area contributed by atoms with E-state index in [4.69, 9.17) is 4.42 Å². The van der Waals surface area contributed by atoms with Gasteiger partial charge in [0.05, 0.1) is 6.54 Å². The second-order valence-electron chi connectivity index (χ2n) is 7.26. The molecule has 0 spiro atoms. The molecule has 1 fully saturated rings. The topological polar surface area (TPSA) is 100 Å². The summed E-state index contributed by atoms with van der Waals surface area (Å²) in [5, 5.41) is 8.02. The van der Waals surface area contributed by atoms with Gasteiger partial charge in [0, 0.05) is 34.7 Å². The summed E-state index contributed by atoms with van der Waals surface area (Å²) in [7, 11) is 0. The van der Waals surface area contributed by atoms with Crippen LogP contribution in [0.4, 0.5) is 8.78 Å². The molecule has 1 aromatic carbocycles. The molecule has 7 nitrogen and oxygen atoms in total. The average molecular weight is 451 g/mol. The quantitative estimate of drug-likeness (QED) is 0.562. The molecule has 0 saturated heterocycles. The molecule has 2 atom stereocenters. The Balaban J connectivity index is 1.51. The first-order chi connectivity index (χ1) is 14.8. The van der Waals surface area contributed by atoms with E-state index in [1.165, 1.54) is 11.8 Å². The van der Waals surface area contributed by atoms with Crippen molar-refractivity contribution < 1.29 is 27.6 Å². The Morgan fingerprint density at radius 3 is 2.29 bits per heavy atom. The summed E-state index contributed by atoms with van der Waals surface area (Å²) >= 11 is 1.49. The Kier molecular flexibility index (Phi) is 7.32. The average Bonchev–Trinajstić information content (AvgIpc) is 3.31. The highest BCUT2D eigenvalue weighted by Crippen LogP contribution is 2.25. The predicted octanol–water partition coefficient (Wildman–Crippen LogP) is 2.79. The van der Waals surface area contributed by atoms with Gasteiger partial charge >= 0.3 is 0 Å². The summed E-state index contributed by atoms with van der Waals surface area (Å²) in [5.41, 5.74) is -0.213. The fourth-order valence-electron chi connectivity index (χ4n) is 3.53. The van der Waals surface area contributed by atoms with Gasteiger partial charge in [0.15, 0.2) is 5.76 Å². The predicted molar refractivity (Wildman–Crippen MR) is 111 cm³/mol. The van der Waals surface area contributed by atoms with Crippen LogP contribution in [0.25, 0.3) is 0 Å². The lowest BCUT2D eigenvalue weighted by molar-refractivity contribution is -0.120. The molecule has 0 unspecified atom stereocenters. The minimum Gasteiger partial charge on any atom is -0.455 e. The van der Waals surface area contributed by atoms with E-state index in [1.807, 2.05) is 6.26 Å². The SMILES string of the molecule is CSc1cc(C(=O)N[C@@H]2CCC[C@@H]2NC(=O)CNC(=O)c2cc(F)cc(F)c2)oc1C. The zero-order valence-electron chi connectivity index (χ0n) is 17.1. The van der Waals surface area contributed by atoms with Crippen LogP contribution in [0.1, 0.15) is 45.9 Å². The van der Waals surface area contributed by atoms with Gasteiger partial charge in [-0.05, 0) is 44.6 Å². The van der Waals surface area contributed by atoms with E-state index < -0.39 is 23.4 Å². The van der Waals surface area contributed by atoms with Crippen molar-refractivity contribution in [3.05, 3.63) is 53.0 Å². The largest absolute Gasteiger partial charge is 0.455 e. The van der Waals surface area contributed by atoms with Crippen LogP contribution in [-0.4, -0.2) is 42.6 Å². The number of halogens is 2. The molecular formula is C21H23F2N3O4S. The third kappa shape index (κ3) is 5.84. The lowest BCUT2D eigenvalue weighted by Crippen LogP contribution is -2.50. The van der Waals surface area contributed by atoms with E-state index in [-0.39, 0.29) is 35.9 Å². The van der Waals surface area contributed by atoms with Crippen molar-refractivity contribution in [3.8, 4) is 0 Å². The zero-order chi connectivity index (χ0) is 22.5. The summed E-state index contributed by atoms with van der Waals surface area (Å²) in [6, 6.07) is 3.55. The number of aryl methyl sites for hydroxylation is 1. The fourth-order valence-corrected chi connectivity index (χ4v) is 4.08. The molecule has 3 amide bonds. The number of rotatable bonds is 7. The maximum absolute atomic E-state index is 13.2. The van der Waals surface area contributed by atoms with Gasteiger partial charge < -0.3 is 20.4 Å². The summed E-state index contributed by atoms with van der Waals surface area (Å²) in [5.74, 6) is -2.45. The molecule has 0 aliphatic heterocycles. The van der Waals surface area contributed by atoms with Crippen LogP contribution in [0.3, 0.4) is 0 Å². The van der Waals surface area contributed by atoms with E-state index in [2.05, 4.69) is 16.0 Å². The number of hydrogen-bond acceptors (Lipinski definition) is 5. The van der Waals surface area contributed by atoms with E-state index in [0.29, 0.717) is 24.7 Å². The number of amides is 3. The molecule has 1 aliphatic carbocycles. The van der Waals surface area contributed by atoms with Crippen molar-refractivity contribution in [2.75, 3.05) is 12.8 Å². The summed E-state index contributed by atoms with van der Waals surface area (Å²) in [4.78, 5) is 37.6. The molecule has 3 N–H and O–H groups in total. The maximum Gasteiger partial charge on any atom is 0.287 e. The standard InChI is InChI=1S/C21H23F2N3O4S/c1-11-18(31-2)9-17(30-11)21(29)26-16-5-3-4-15(16)25-19(27)10-24-20(28)12-6-13(22)8-14(23)7-12/h6-9,15-16H,3-5,10H2,1-2H3,(H,24,28)(H,25,27)(H,26,29)/t15-,16+/m0/s1. The normalized spacial score (nSPS) is 17.9. The Labute approximate surface area is 182 Å². The first-order valence-electron chi connectivity index (χ1n) is 9.75. The maximum atomic E-state index is 13.2. The first kappa shape index (κ1) is 22.8. The van der Waals surface area contributed by atoms with Crippen molar-refractivity contribution in [1.82, 2.24) is 16.0 Å². The number of hydrogen-bond donors (Lipinski definition) is 3. The van der Waals surface area contributed by atoms with E-state index in [1.54, 1.807) is 13.0 Å². The molecule has 1 heterocycles. The monoisotopic (exact) mass is 451 g/mol. The Morgan fingerprint density at radius 2 is 1.68 bits per heavy atom. The van der Waals surface area contributed by atoms with E-state index in [9.17, 15) is 23.2 Å². The van der Waals surface area contributed by atoms with E-state index in [0.717, 1.165) is 23.4 Å². The van der Waals surface area contributed by atoms with E-state index >= 15 is 0 Å². The number of furan rings is 1. The third-order valence-electron chi connectivity index (χ3n) is 5.03. The lowest BCUT2D eigenvalue weighted by atomic mass is 10.1. The molecule has 10 heteroatoms. The van der Waals surface area contributed by atoms with Gasteiger partial charge in [-0.25, -0.2) is 8.78 Å². The van der Waals surface area contributed by atoms with Crippen LogP contribution in [0.2, 0.25) is 0 Å². The number of nitrogens with one attached hydrogen (secondary N) is 3. The van der Waals surface area contributed by atoms with Crippen LogP contribution in [0.5, 0.6) is 0 Å². The number of benzene rings is 1. The van der Waals surface area contributed by atoms with Crippen LogP contribution in [0, 0.1) is 18.6 Å².